The van der Waals surface area contributed by atoms with Crippen LogP contribution in [0.5, 0.6) is 0 Å². The highest BCUT2D eigenvalue weighted by molar-refractivity contribution is 6.02. The van der Waals surface area contributed by atoms with Gasteiger partial charge in [-0.3, -0.25) is 9.36 Å². The highest BCUT2D eigenvalue weighted by Gasteiger charge is 2.11. The number of rotatable bonds is 4. The quantitative estimate of drug-likeness (QED) is 0.797. The summed E-state index contributed by atoms with van der Waals surface area (Å²) in [7, 11) is 3.80. The van der Waals surface area contributed by atoms with Crippen molar-refractivity contribution >= 4 is 17.4 Å². The Kier molecular flexibility index (Phi) is 4.01. The summed E-state index contributed by atoms with van der Waals surface area (Å²) in [6, 6.07) is 11.1. The molecule has 0 bridgehead atoms. The van der Waals surface area contributed by atoms with Crippen molar-refractivity contribution in [3.8, 4) is 5.82 Å². The Bertz CT molecular complexity index is 812. The smallest absolute Gasteiger partial charge is 0.275 e. The molecule has 0 fully saturated rings. The third-order valence-electron chi connectivity index (χ3n) is 3.21. The van der Waals surface area contributed by atoms with Crippen LogP contribution < -0.4 is 10.2 Å². The Hall–Kier alpha value is -3.22. The first-order valence-electron chi connectivity index (χ1n) is 7.03. The van der Waals surface area contributed by atoms with Crippen molar-refractivity contribution < 1.29 is 4.79 Å². The summed E-state index contributed by atoms with van der Waals surface area (Å²) in [5.41, 5.74) is 1.04. The molecule has 0 spiro atoms. The molecule has 0 saturated heterocycles. The molecule has 116 valence electrons. The number of benzene rings is 1. The van der Waals surface area contributed by atoms with Crippen LogP contribution >= 0.6 is 0 Å². The van der Waals surface area contributed by atoms with Gasteiger partial charge in [0.05, 0.1) is 0 Å². The fraction of sp³-hybridized carbons (Fsp3) is 0.125. The lowest BCUT2D eigenvalue weighted by Crippen LogP contribution is -2.12. The molecule has 7 heteroatoms. The molecular formula is C16H16N6O. The van der Waals surface area contributed by atoms with Crippen LogP contribution in [0.3, 0.4) is 0 Å². The van der Waals surface area contributed by atoms with E-state index >= 15 is 0 Å². The predicted octanol–water partition coefficient (Wildman–Crippen LogP) is 1.98. The molecule has 0 atom stereocenters. The number of aromatic nitrogens is 4. The van der Waals surface area contributed by atoms with Gasteiger partial charge in [-0.25, -0.2) is 15.0 Å². The molecule has 0 aliphatic heterocycles. The van der Waals surface area contributed by atoms with Gasteiger partial charge in [0.25, 0.3) is 5.91 Å². The normalized spacial score (nSPS) is 10.3. The van der Waals surface area contributed by atoms with Crippen LogP contribution in [-0.2, 0) is 0 Å². The lowest BCUT2D eigenvalue weighted by molar-refractivity contribution is 0.102. The molecule has 3 rings (SSSR count). The van der Waals surface area contributed by atoms with Crippen LogP contribution in [-0.4, -0.2) is 39.5 Å². The Labute approximate surface area is 133 Å². The molecule has 0 aliphatic carbocycles. The van der Waals surface area contributed by atoms with Crippen molar-refractivity contribution in [1.29, 1.82) is 0 Å². The molecule has 0 radical (unpaired) electrons. The average molecular weight is 308 g/mol. The van der Waals surface area contributed by atoms with Crippen LogP contribution in [0.25, 0.3) is 5.82 Å². The summed E-state index contributed by atoms with van der Waals surface area (Å²) >= 11 is 0. The third kappa shape index (κ3) is 3.34. The van der Waals surface area contributed by atoms with Gasteiger partial charge in [0.1, 0.15) is 30.0 Å². The maximum absolute atomic E-state index is 12.2. The van der Waals surface area contributed by atoms with E-state index in [0.717, 1.165) is 11.5 Å². The first kappa shape index (κ1) is 14.7. The van der Waals surface area contributed by atoms with Crippen LogP contribution in [0, 0.1) is 0 Å². The zero-order valence-electron chi connectivity index (χ0n) is 12.8. The van der Waals surface area contributed by atoms with E-state index in [2.05, 4.69) is 20.3 Å². The average Bonchev–Trinajstić information content (AvgIpc) is 3.06. The SMILES string of the molecule is CN(C)c1cc(-n2cnc(C(=O)Nc3ccccc3)c2)ncn1. The highest BCUT2D eigenvalue weighted by atomic mass is 16.1. The van der Waals surface area contributed by atoms with Crippen molar-refractivity contribution in [2.75, 3.05) is 24.3 Å². The minimum atomic E-state index is -0.267. The summed E-state index contributed by atoms with van der Waals surface area (Å²) in [6.07, 6.45) is 4.68. The monoisotopic (exact) mass is 308 g/mol. The predicted molar refractivity (Wildman–Crippen MR) is 87.9 cm³/mol. The van der Waals surface area contributed by atoms with Gasteiger partial charge in [-0.15, -0.1) is 0 Å². The number of carbonyl (C=O) groups excluding carboxylic acids is 1. The van der Waals surface area contributed by atoms with Crippen LogP contribution in [0.4, 0.5) is 11.5 Å². The first-order chi connectivity index (χ1) is 11.1. The zero-order valence-corrected chi connectivity index (χ0v) is 12.8. The number of amides is 1. The third-order valence-corrected chi connectivity index (χ3v) is 3.21. The van der Waals surface area contributed by atoms with Crippen molar-refractivity contribution in [1.82, 2.24) is 19.5 Å². The van der Waals surface area contributed by atoms with Crippen LogP contribution in [0.2, 0.25) is 0 Å². The number of hydrogen-bond acceptors (Lipinski definition) is 5. The number of carbonyl (C=O) groups is 1. The minimum Gasteiger partial charge on any atom is -0.363 e. The van der Waals surface area contributed by atoms with Gasteiger partial charge in [0.15, 0.2) is 0 Å². The fourth-order valence-corrected chi connectivity index (χ4v) is 2.00. The van der Waals surface area contributed by atoms with E-state index < -0.39 is 0 Å². The lowest BCUT2D eigenvalue weighted by atomic mass is 10.3. The Balaban J connectivity index is 1.80. The van der Waals surface area contributed by atoms with Gasteiger partial charge in [-0.1, -0.05) is 18.2 Å². The summed E-state index contributed by atoms with van der Waals surface area (Å²) in [5, 5.41) is 2.80. The van der Waals surface area contributed by atoms with E-state index in [1.807, 2.05) is 55.4 Å². The van der Waals surface area contributed by atoms with E-state index in [1.165, 1.54) is 6.33 Å². The molecule has 1 aromatic carbocycles. The maximum atomic E-state index is 12.2. The van der Waals surface area contributed by atoms with E-state index in [4.69, 9.17) is 0 Å². The van der Waals surface area contributed by atoms with Crippen LogP contribution in [0.15, 0.2) is 55.2 Å². The number of imidazole rings is 1. The van der Waals surface area contributed by atoms with Gasteiger partial charge < -0.3 is 10.2 Å². The summed E-state index contributed by atoms with van der Waals surface area (Å²) < 4.78 is 1.69. The standard InChI is InChI=1S/C16H16N6O/c1-21(2)14-8-15(18-10-17-14)22-9-13(19-11-22)16(23)20-12-6-4-3-5-7-12/h3-11H,1-2H3,(H,20,23). The summed E-state index contributed by atoms with van der Waals surface area (Å²) in [5.74, 6) is 1.16. The molecule has 1 N–H and O–H groups in total. The minimum absolute atomic E-state index is 0.267. The second-order valence-electron chi connectivity index (χ2n) is 5.12. The van der Waals surface area contributed by atoms with Gasteiger partial charge in [0.2, 0.25) is 0 Å². The second-order valence-corrected chi connectivity index (χ2v) is 5.12. The molecule has 3 aromatic rings. The number of nitrogens with one attached hydrogen (secondary N) is 1. The zero-order chi connectivity index (χ0) is 16.2. The number of para-hydroxylation sites is 1. The van der Waals surface area contributed by atoms with Gasteiger partial charge >= 0.3 is 0 Å². The number of nitrogens with zero attached hydrogens (tertiary/aromatic N) is 5. The Morgan fingerprint density at radius 1 is 1.13 bits per heavy atom. The molecule has 2 aromatic heterocycles. The maximum Gasteiger partial charge on any atom is 0.275 e. The topological polar surface area (TPSA) is 75.9 Å². The second kappa shape index (κ2) is 6.27. The lowest BCUT2D eigenvalue weighted by Gasteiger charge is -2.11. The van der Waals surface area contributed by atoms with E-state index in [0.29, 0.717) is 11.5 Å². The van der Waals surface area contributed by atoms with E-state index in [9.17, 15) is 4.79 Å². The molecule has 0 saturated carbocycles. The summed E-state index contributed by atoms with van der Waals surface area (Å²) in [4.78, 5) is 26.6. The molecule has 0 unspecified atom stereocenters. The molecule has 2 heterocycles. The van der Waals surface area contributed by atoms with Crippen molar-refractivity contribution in [2.45, 2.75) is 0 Å². The first-order valence-corrected chi connectivity index (χ1v) is 7.03. The molecular weight excluding hydrogens is 292 g/mol. The van der Waals surface area contributed by atoms with Crippen molar-refractivity contribution in [3.63, 3.8) is 0 Å². The fourth-order valence-electron chi connectivity index (χ4n) is 2.00. The van der Waals surface area contributed by atoms with Gasteiger partial charge in [-0.2, -0.15) is 0 Å². The van der Waals surface area contributed by atoms with Gasteiger partial charge in [-0.05, 0) is 12.1 Å². The molecule has 23 heavy (non-hydrogen) atoms. The number of anilines is 2. The molecule has 7 nitrogen and oxygen atoms in total. The molecule has 0 aliphatic rings. The molecule has 1 amide bonds. The largest absolute Gasteiger partial charge is 0.363 e. The van der Waals surface area contributed by atoms with Crippen LogP contribution in [0.1, 0.15) is 10.5 Å². The van der Waals surface area contributed by atoms with E-state index in [-0.39, 0.29) is 5.91 Å². The van der Waals surface area contributed by atoms with Crippen molar-refractivity contribution in [3.05, 3.63) is 60.9 Å². The number of hydrogen-bond donors (Lipinski definition) is 1. The summed E-state index contributed by atoms with van der Waals surface area (Å²) in [6.45, 7) is 0. The van der Waals surface area contributed by atoms with Gasteiger partial charge in [0, 0.05) is 32.0 Å². The van der Waals surface area contributed by atoms with Crippen molar-refractivity contribution in [2.24, 2.45) is 0 Å². The Morgan fingerprint density at radius 3 is 2.65 bits per heavy atom. The Morgan fingerprint density at radius 2 is 1.91 bits per heavy atom. The van der Waals surface area contributed by atoms with E-state index in [1.54, 1.807) is 17.1 Å². The highest BCUT2D eigenvalue weighted by Crippen LogP contribution is 2.13.